The summed E-state index contributed by atoms with van der Waals surface area (Å²) < 4.78 is 0. The molecule has 1 N–H and O–H groups in total. The fourth-order valence-corrected chi connectivity index (χ4v) is 11.8. The molecule has 0 saturated carbocycles. The van der Waals surface area contributed by atoms with E-state index in [1.807, 2.05) is 0 Å². The third kappa shape index (κ3) is 3.58. The highest BCUT2D eigenvalue weighted by molar-refractivity contribution is 6.88. The van der Waals surface area contributed by atoms with Crippen molar-refractivity contribution in [3.63, 3.8) is 0 Å². The zero-order chi connectivity index (χ0) is 16.1. The van der Waals surface area contributed by atoms with Gasteiger partial charge in [0.25, 0.3) is 0 Å². The Kier molecular flexibility index (Phi) is 4.15. The van der Waals surface area contributed by atoms with E-state index >= 15 is 0 Å². The summed E-state index contributed by atoms with van der Waals surface area (Å²) in [7, 11) is -2.93. The molecule has 0 aromatic heterocycles. The first kappa shape index (κ1) is 16.7. The summed E-state index contributed by atoms with van der Waals surface area (Å²) in [5, 5.41) is 1.73. The van der Waals surface area contributed by atoms with Crippen LogP contribution in [-0.4, -0.2) is 21.8 Å². The van der Waals surface area contributed by atoms with Crippen molar-refractivity contribution in [3.05, 3.63) is 40.6 Å². The molecule has 0 fully saturated rings. The lowest BCUT2D eigenvalue weighted by Crippen LogP contribution is -2.59. The van der Waals surface area contributed by atoms with Gasteiger partial charge in [-0.3, -0.25) is 0 Å². The molecule has 1 atom stereocenters. The molecule has 1 aromatic rings. The van der Waals surface area contributed by atoms with Gasteiger partial charge in [0.2, 0.25) is 0 Å². The van der Waals surface area contributed by atoms with E-state index in [9.17, 15) is 0 Å². The van der Waals surface area contributed by atoms with Gasteiger partial charge in [0.05, 0.1) is 8.07 Å². The molecular formula is C18H31NSi2. The zero-order valence-electron chi connectivity index (χ0n) is 15.0. The predicted octanol–water partition coefficient (Wildman–Crippen LogP) is 5.18. The lowest BCUT2D eigenvalue weighted by Gasteiger charge is -2.41. The Bertz CT molecular complexity index is 559. The molecule has 0 bridgehead atoms. The molecule has 0 amide bonds. The van der Waals surface area contributed by atoms with E-state index in [-0.39, 0.29) is 5.54 Å². The number of hydrogen-bond donors (Lipinski definition) is 1. The first-order chi connectivity index (χ1) is 9.42. The monoisotopic (exact) mass is 317 g/mol. The lowest BCUT2D eigenvalue weighted by atomic mass is 10.1. The number of nitrogens with one attached hydrogen (secondary N) is 1. The minimum absolute atomic E-state index is 0.178. The van der Waals surface area contributed by atoms with E-state index < -0.39 is 16.3 Å². The quantitative estimate of drug-likeness (QED) is 0.758. The van der Waals surface area contributed by atoms with Crippen LogP contribution in [0.5, 0.6) is 0 Å². The van der Waals surface area contributed by atoms with E-state index in [1.54, 1.807) is 10.8 Å². The number of hydrogen-bond acceptors (Lipinski definition) is 1. The normalized spacial score (nSPS) is 19.4. The Labute approximate surface area is 133 Å². The molecule has 1 unspecified atom stereocenters. The van der Waals surface area contributed by atoms with Crippen LogP contribution in [0, 0.1) is 0 Å². The molecule has 3 heteroatoms. The highest BCUT2D eigenvalue weighted by Crippen LogP contribution is 2.45. The Morgan fingerprint density at radius 1 is 0.952 bits per heavy atom. The van der Waals surface area contributed by atoms with E-state index in [0.29, 0.717) is 5.54 Å². The first-order valence-corrected chi connectivity index (χ1v) is 14.6. The van der Waals surface area contributed by atoms with Gasteiger partial charge in [0.1, 0.15) is 8.24 Å². The molecule has 0 heterocycles. The topological polar surface area (TPSA) is 12.0 Å². The van der Waals surface area contributed by atoms with Crippen LogP contribution in [0.1, 0.15) is 37.4 Å². The van der Waals surface area contributed by atoms with Gasteiger partial charge in [-0.25, -0.2) is 0 Å². The van der Waals surface area contributed by atoms with E-state index in [2.05, 4.69) is 88.8 Å². The minimum Gasteiger partial charge on any atom is -0.332 e. The largest absolute Gasteiger partial charge is 0.332 e. The van der Waals surface area contributed by atoms with Crippen LogP contribution < -0.4 is 4.98 Å². The van der Waals surface area contributed by atoms with Crippen LogP contribution in [0.2, 0.25) is 32.7 Å². The van der Waals surface area contributed by atoms with Crippen molar-refractivity contribution in [2.75, 3.05) is 0 Å². The van der Waals surface area contributed by atoms with Gasteiger partial charge in [-0.2, -0.15) is 0 Å². The van der Waals surface area contributed by atoms with Crippen molar-refractivity contribution >= 4 is 22.4 Å². The summed E-state index contributed by atoms with van der Waals surface area (Å²) in [6, 6.07) is 9.01. The second-order valence-electron chi connectivity index (χ2n) is 9.01. The van der Waals surface area contributed by atoms with E-state index in [0.717, 1.165) is 0 Å². The number of allylic oxidation sites excluding steroid dienone is 1. The van der Waals surface area contributed by atoms with Crippen molar-refractivity contribution in [1.29, 1.82) is 0 Å². The summed E-state index contributed by atoms with van der Waals surface area (Å²) in [4.78, 5) is 4.00. The van der Waals surface area contributed by atoms with Crippen molar-refractivity contribution in [3.8, 4) is 0 Å². The highest BCUT2D eigenvalue weighted by atomic mass is 28.3. The molecule has 21 heavy (non-hydrogen) atoms. The summed E-state index contributed by atoms with van der Waals surface area (Å²) in [6.07, 6.45) is 2.51. The van der Waals surface area contributed by atoms with Crippen molar-refractivity contribution in [2.45, 2.75) is 64.6 Å². The van der Waals surface area contributed by atoms with Gasteiger partial charge in [-0.15, -0.1) is 0 Å². The summed E-state index contributed by atoms with van der Waals surface area (Å²) in [5.41, 5.74) is 3.82. The molecule has 1 nitrogen and oxygen atoms in total. The van der Waals surface area contributed by atoms with Gasteiger partial charge in [0.15, 0.2) is 0 Å². The molecule has 1 aliphatic rings. The second-order valence-corrected chi connectivity index (χ2v) is 18.4. The smallest absolute Gasteiger partial charge is 0.131 e. The van der Waals surface area contributed by atoms with Crippen molar-refractivity contribution in [1.82, 2.24) is 4.98 Å². The highest BCUT2D eigenvalue weighted by Gasteiger charge is 2.44. The summed E-state index contributed by atoms with van der Waals surface area (Å²) in [6.45, 7) is 19.3. The van der Waals surface area contributed by atoms with Gasteiger partial charge in [-0.05, 0) is 31.9 Å². The van der Waals surface area contributed by atoms with Crippen LogP contribution in [0.15, 0.2) is 29.5 Å². The Morgan fingerprint density at radius 3 is 2.05 bits per heavy atom. The van der Waals surface area contributed by atoms with Crippen molar-refractivity contribution in [2.24, 2.45) is 0 Å². The van der Waals surface area contributed by atoms with Crippen LogP contribution in [0.4, 0.5) is 0 Å². The Hall–Kier alpha value is -0.646. The predicted molar refractivity (Wildman–Crippen MR) is 101 cm³/mol. The van der Waals surface area contributed by atoms with Crippen LogP contribution in [0.25, 0.3) is 6.08 Å². The molecular weight excluding hydrogens is 286 g/mol. The fraction of sp³-hybridized carbons (Fsp3) is 0.556. The molecule has 116 valence electrons. The maximum Gasteiger partial charge on any atom is 0.131 e. The number of rotatable bonds is 3. The summed E-state index contributed by atoms with van der Waals surface area (Å²) in [5.74, 6) is 0. The van der Waals surface area contributed by atoms with E-state index in [4.69, 9.17) is 0 Å². The SMILES string of the molecule is CC(C)(C)N[Si](C)(C)C1C([Si](C)(C)C)=Cc2ccccc21. The molecule has 0 saturated heterocycles. The molecule has 0 aliphatic heterocycles. The van der Waals surface area contributed by atoms with Gasteiger partial charge in [-0.1, -0.05) is 68.3 Å². The van der Waals surface area contributed by atoms with Gasteiger partial charge in [0, 0.05) is 11.1 Å². The maximum atomic E-state index is 4.00. The maximum absolute atomic E-state index is 4.00. The standard InChI is InChI=1S/C18H31NSi2/c1-18(2,3)19-21(7,8)17-15-12-10-9-11-14(15)13-16(17)20(4,5)6/h9-13,17,19H,1-8H3. The average molecular weight is 318 g/mol. The fourth-order valence-electron chi connectivity index (χ4n) is 3.79. The van der Waals surface area contributed by atoms with Crippen LogP contribution >= 0.6 is 0 Å². The third-order valence-electron chi connectivity index (χ3n) is 4.21. The second kappa shape index (κ2) is 5.22. The van der Waals surface area contributed by atoms with Crippen molar-refractivity contribution < 1.29 is 0 Å². The third-order valence-corrected chi connectivity index (χ3v) is 10.1. The Balaban J connectivity index is 2.51. The lowest BCUT2D eigenvalue weighted by molar-refractivity contribution is 0.508. The van der Waals surface area contributed by atoms with Crippen LogP contribution in [0.3, 0.4) is 0 Å². The molecule has 2 rings (SSSR count). The van der Waals surface area contributed by atoms with Crippen LogP contribution in [-0.2, 0) is 0 Å². The number of benzene rings is 1. The molecule has 1 aromatic carbocycles. The van der Waals surface area contributed by atoms with E-state index in [1.165, 1.54) is 5.56 Å². The van der Waals surface area contributed by atoms with Gasteiger partial charge < -0.3 is 4.98 Å². The molecule has 1 aliphatic carbocycles. The first-order valence-electron chi connectivity index (χ1n) is 8.02. The van der Waals surface area contributed by atoms with Gasteiger partial charge >= 0.3 is 0 Å². The molecule has 0 radical (unpaired) electrons. The zero-order valence-corrected chi connectivity index (χ0v) is 17.0. The minimum atomic E-state index is -1.61. The average Bonchev–Trinajstić information content (AvgIpc) is 2.64. The summed E-state index contributed by atoms with van der Waals surface area (Å²) >= 11 is 0. The Morgan fingerprint density at radius 2 is 1.52 bits per heavy atom. The molecule has 0 spiro atoms. The number of fused-ring (bicyclic) bond motifs is 1.